The Kier molecular flexibility index (Phi) is 2.19. The van der Waals surface area contributed by atoms with E-state index in [9.17, 15) is 18.0 Å². The van der Waals surface area contributed by atoms with Gasteiger partial charge in [-0.15, -0.1) is 0 Å². The van der Waals surface area contributed by atoms with E-state index in [0.29, 0.717) is 6.29 Å². The topological polar surface area (TPSA) is 71.5 Å². The van der Waals surface area contributed by atoms with Gasteiger partial charge in [0.2, 0.25) is 0 Å². The molecule has 1 amide bonds. The van der Waals surface area contributed by atoms with Gasteiger partial charge in [-0.05, 0) is 13.8 Å². The molecule has 0 N–H and O–H groups in total. The summed E-state index contributed by atoms with van der Waals surface area (Å²) in [6.45, 7) is 2.69. The number of rotatable bonds is 3. The normalized spacial score (nSPS) is 23.8. The van der Waals surface area contributed by atoms with E-state index in [1.165, 1.54) is 13.8 Å². The smallest absolute Gasteiger partial charge is 0.258 e. The Balaban J connectivity index is 2.83. The largest absolute Gasteiger partial charge is 0.303 e. The van der Waals surface area contributed by atoms with Crippen LogP contribution >= 0.6 is 0 Å². The average molecular weight is 205 g/mol. The zero-order chi connectivity index (χ0) is 10.3. The van der Waals surface area contributed by atoms with Gasteiger partial charge in [-0.1, -0.05) is 0 Å². The van der Waals surface area contributed by atoms with Crippen molar-refractivity contribution < 1.29 is 18.0 Å². The first-order chi connectivity index (χ1) is 5.85. The van der Waals surface area contributed by atoms with E-state index in [1.807, 2.05) is 0 Å². The highest BCUT2D eigenvalue weighted by Gasteiger charge is 2.59. The van der Waals surface area contributed by atoms with Crippen LogP contribution in [0.25, 0.3) is 0 Å². The number of amides is 1. The molecule has 0 saturated carbocycles. The van der Waals surface area contributed by atoms with E-state index in [-0.39, 0.29) is 13.0 Å². The van der Waals surface area contributed by atoms with Crippen molar-refractivity contribution in [2.75, 3.05) is 6.54 Å². The summed E-state index contributed by atoms with van der Waals surface area (Å²) in [5.41, 5.74) is 0. The van der Waals surface area contributed by atoms with E-state index in [0.717, 1.165) is 4.31 Å². The van der Waals surface area contributed by atoms with E-state index in [4.69, 9.17) is 0 Å². The molecule has 0 aliphatic carbocycles. The maximum atomic E-state index is 11.4. The van der Waals surface area contributed by atoms with E-state index < -0.39 is 20.7 Å². The Morgan fingerprint density at radius 3 is 2.38 bits per heavy atom. The predicted molar refractivity (Wildman–Crippen MR) is 45.4 cm³/mol. The predicted octanol–water partition coefficient (Wildman–Crippen LogP) is -0.474. The van der Waals surface area contributed by atoms with Crippen molar-refractivity contribution in [3.05, 3.63) is 0 Å². The summed E-state index contributed by atoms with van der Waals surface area (Å²) in [7, 11) is -3.50. The van der Waals surface area contributed by atoms with E-state index >= 15 is 0 Å². The van der Waals surface area contributed by atoms with Crippen LogP contribution in [0.1, 0.15) is 20.3 Å². The molecule has 13 heavy (non-hydrogen) atoms. The maximum absolute atomic E-state index is 11.4. The third kappa shape index (κ3) is 1.16. The zero-order valence-corrected chi connectivity index (χ0v) is 8.30. The second-order valence-electron chi connectivity index (χ2n) is 3.35. The SMILES string of the molecule is CC1(C)C(=O)N(CCC=O)S1(=O)=O. The second-order valence-corrected chi connectivity index (χ2v) is 5.76. The van der Waals surface area contributed by atoms with Gasteiger partial charge in [0, 0.05) is 13.0 Å². The number of hydrogen-bond donors (Lipinski definition) is 0. The molecule has 0 bridgehead atoms. The fourth-order valence-electron chi connectivity index (χ4n) is 1.15. The summed E-state index contributed by atoms with van der Waals surface area (Å²) in [4.78, 5) is 21.2. The lowest BCUT2D eigenvalue weighted by Crippen LogP contribution is -2.67. The molecule has 0 spiro atoms. The van der Waals surface area contributed by atoms with Crippen molar-refractivity contribution in [1.82, 2.24) is 4.31 Å². The van der Waals surface area contributed by atoms with Crippen LogP contribution in [0.2, 0.25) is 0 Å². The van der Waals surface area contributed by atoms with E-state index in [2.05, 4.69) is 0 Å². The van der Waals surface area contributed by atoms with Gasteiger partial charge < -0.3 is 4.79 Å². The van der Waals surface area contributed by atoms with Crippen molar-refractivity contribution in [3.8, 4) is 0 Å². The number of carbonyl (C=O) groups is 2. The van der Waals surface area contributed by atoms with Crippen LogP contribution in [-0.2, 0) is 19.6 Å². The van der Waals surface area contributed by atoms with E-state index in [1.54, 1.807) is 0 Å². The molecule has 1 heterocycles. The number of hydrogen-bond acceptors (Lipinski definition) is 4. The minimum absolute atomic E-state index is 0.0336. The van der Waals surface area contributed by atoms with Gasteiger partial charge in [-0.3, -0.25) is 4.79 Å². The molecule has 6 heteroatoms. The first-order valence-electron chi connectivity index (χ1n) is 3.86. The Morgan fingerprint density at radius 2 is 2.00 bits per heavy atom. The molecule has 1 saturated heterocycles. The van der Waals surface area contributed by atoms with Gasteiger partial charge in [-0.25, -0.2) is 12.7 Å². The minimum atomic E-state index is -3.50. The molecule has 1 fully saturated rings. The van der Waals surface area contributed by atoms with Crippen LogP contribution in [0.3, 0.4) is 0 Å². The van der Waals surface area contributed by atoms with Gasteiger partial charge in [0.25, 0.3) is 15.9 Å². The molecule has 0 radical (unpaired) electrons. The van der Waals surface area contributed by atoms with Crippen molar-refractivity contribution in [1.29, 1.82) is 0 Å². The van der Waals surface area contributed by atoms with Crippen molar-refractivity contribution >= 4 is 22.2 Å². The fourth-order valence-corrected chi connectivity index (χ4v) is 2.69. The lowest BCUT2D eigenvalue weighted by Gasteiger charge is -2.42. The molecule has 0 aromatic heterocycles. The van der Waals surface area contributed by atoms with Crippen molar-refractivity contribution in [2.24, 2.45) is 0 Å². The highest BCUT2D eigenvalue weighted by molar-refractivity contribution is 7.94. The van der Waals surface area contributed by atoms with Gasteiger partial charge in [-0.2, -0.15) is 0 Å². The maximum Gasteiger partial charge on any atom is 0.258 e. The third-order valence-electron chi connectivity index (χ3n) is 2.13. The van der Waals surface area contributed by atoms with Gasteiger partial charge >= 0.3 is 0 Å². The molecule has 74 valence electrons. The van der Waals surface area contributed by atoms with Crippen molar-refractivity contribution in [3.63, 3.8) is 0 Å². The molecule has 1 rings (SSSR count). The molecule has 0 atom stereocenters. The van der Waals surface area contributed by atoms with Gasteiger partial charge in [0.1, 0.15) is 6.29 Å². The molecule has 0 aromatic rings. The lowest BCUT2D eigenvalue weighted by atomic mass is 10.2. The first-order valence-corrected chi connectivity index (χ1v) is 5.30. The number of carbonyl (C=O) groups excluding carboxylic acids is 2. The highest BCUT2D eigenvalue weighted by Crippen LogP contribution is 2.34. The molecule has 1 aliphatic heterocycles. The third-order valence-corrected chi connectivity index (χ3v) is 4.52. The van der Waals surface area contributed by atoms with Crippen LogP contribution in [0.15, 0.2) is 0 Å². The standard InChI is InChI=1S/C7H11NO4S/c1-7(2)6(10)8(4-3-5-9)13(7,11)12/h5H,3-4H2,1-2H3. The number of aldehydes is 1. The summed E-state index contributed by atoms with van der Waals surface area (Å²) in [6.07, 6.45) is 0.648. The second kappa shape index (κ2) is 2.80. The Hall–Kier alpha value is -0.910. The summed E-state index contributed by atoms with van der Waals surface area (Å²) < 4.78 is 22.2. The van der Waals surface area contributed by atoms with Crippen LogP contribution in [0.5, 0.6) is 0 Å². The zero-order valence-electron chi connectivity index (χ0n) is 7.48. The fraction of sp³-hybridized carbons (Fsp3) is 0.714. The summed E-state index contributed by atoms with van der Waals surface area (Å²) in [5.74, 6) is -0.436. The molecular weight excluding hydrogens is 194 g/mol. The summed E-state index contributed by atoms with van der Waals surface area (Å²) >= 11 is 0. The van der Waals surface area contributed by atoms with Crippen LogP contribution in [0.4, 0.5) is 0 Å². The van der Waals surface area contributed by atoms with Gasteiger partial charge in [0.15, 0.2) is 4.75 Å². The van der Waals surface area contributed by atoms with Crippen molar-refractivity contribution in [2.45, 2.75) is 25.0 Å². The lowest BCUT2D eigenvalue weighted by molar-refractivity contribution is -0.132. The first kappa shape index (κ1) is 10.2. The number of nitrogens with zero attached hydrogens (tertiary/aromatic N) is 1. The Bertz CT molecular complexity index is 344. The summed E-state index contributed by atoms with van der Waals surface area (Å²) in [5, 5.41) is 0. The number of sulfonamides is 1. The molecule has 0 unspecified atom stereocenters. The van der Waals surface area contributed by atoms with Crippen LogP contribution in [0, 0.1) is 0 Å². The van der Waals surface area contributed by atoms with Gasteiger partial charge in [0.05, 0.1) is 0 Å². The Morgan fingerprint density at radius 1 is 1.46 bits per heavy atom. The molecule has 1 aliphatic rings. The quantitative estimate of drug-likeness (QED) is 0.584. The highest BCUT2D eigenvalue weighted by atomic mass is 32.2. The minimum Gasteiger partial charge on any atom is -0.303 e. The monoisotopic (exact) mass is 205 g/mol. The van der Waals surface area contributed by atoms with Crippen LogP contribution in [-0.4, -0.2) is 36.2 Å². The summed E-state index contributed by atoms with van der Waals surface area (Å²) in [6, 6.07) is 0. The average Bonchev–Trinajstić information content (AvgIpc) is 2.04. The Labute approximate surface area is 76.8 Å². The molecular formula is C7H11NO4S. The molecule has 5 nitrogen and oxygen atoms in total. The molecule has 0 aromatic carbocycles. The van der Waals surface area contributed by atoms with Crippen LogP contribution < -0.4 is 0 Å².